The standard InChI is InChI=1S/C8H11ClO2/c1-10-7-3-5-8(9,11-2)6-4-7/h3-7H,1-2H3. The molecule has 0 unspecified atom stereocenters. The quantitative estimate of drug-likeness (QED) is 0.469. The summed E-state index contributed by atoms with van der Waals surface area (Å²) in [5.74, 6) is 0. The predicted octanol–water partition coefficient (Wildman–Crippen LogP) is 1.71. The molecule has 1 aliphatic rings. The zero-order chi connectivity index (χ0) is 8.32. The number of alkyl halides is 1. The zero-order valence-corrected chi connectivity index (χ0v) is 7.34. The Balaban J connectivity index is 2.63. The molecule has 0 aromatic rings. The van der Waals surface area contributed by atoms with Crippen molar-refractivity contribution in [1.82, 2.24) is 0 Å². The van der Waals surface area contributed by atoms with Gasteiger partial charge in [-0.3, -0.25) is 0 Å². The fourth-order valence-electron chi connectivity index (χ4n) is 0.865. The minimum Gasteiger partial charge on any atom is -0.373 e. The molecule has 0 radical (unpaired) electrons. The average molecular weight is 175 g/mol. The minimum atomic E-state index is -0.769. The topological polar surface area (TPSA) is 18.5 Å². The van der Waals surface area contributed by atoms with Crippen LogP contribution in [0.3, 0.4) is 0 Å². The molecule has 0 amide bonds. The lowest BCUT2D eigenvalue weighted by molar-refractivity contribution is 0.130. The Bertz CT molecular complexity index is 173. The van der Waals surface area contributed by atoms with Crippen molar-refractivity contribution in [2.75, 3.05) is 14.2 Å². The summed E-state index contributed by atoms with van der Waals surface area (Å²) in [5.41, 5.74) is 0. The van der Waals surface area contributed by atoms with Gasteiger partial charge in [0, 0.05) is 14.2 Å². The van der Waals surface area contributed by atoms with E-state index in [1.807, 2.05) is 12.2 Å². The second kappa shape index (κ2) is 3.39. The third-order valence-corrected chi connectivity index (χ3v) is 2.02. The third kappa shape index (κ3) is 2.06. The number of ether oxygens (including phenoxy) is 2. The fraction of sp³-hybridized carbons (Fsp3) is 0.500. The van der Waals surface area contributed by atoms with Crippen LogP contribution in [0.25, 0.3) is 0 Å². The van der Waals surface area contributed by atoms with Gasteiger partial charge in [-0.15, -0.1) is 0 Å². The molecule has 0 spiro atoms. The zero-order valence-electron chi connectivity index (χ0n) is 6.58. The molecule has 1 rings (SSSR count). The van der Waals surface area contributed by atoms with E-state index in [4.69, 9.17) is 21.1 Å². The summed E-state index contributed by atoms with van der Waals surface area (Å²) in [6.45, 7) is 0. The molecule has 0 aromatic carbocycles. The van der Waals surface area contributed by atoms with Crippen molar-refractivity contribution in [1.29, 1.82) is 0 Å². The molecule has 0 saturated carbocycles. The Kier molecular flexibility index (Phi) is 2.71. The van der Waals surface area contributed by atoms with Gasteiger partial charge in [0.25, 0.3) is 0 Å². The van der Waals surface area contributed by atoms with E-state index in [9.17, 15) is 0 Å². The highest BCUT2D eigenvalue weighted by Crippen LogP contribution is 2.24. The van der Waals surface area contributed by atoms with Crippen LogP contribution in [-0.2, 0) is 9.47 Å². The lowest BCUT2D eigenvalue weighted by atomic mass is 10.1. The summed E-state index contributed by atoms with van der Waals surface area (Å²) in [6, 6.07) is 0. The molecule has 0 heterocycles. The van der Waals surface area contributed by atoms with Crippen molar-refractivity contribution in [3.05, 3.63) is 24.3 Å². The molecule has 0 bridgehead atoms. The molecule has 0 fully saturated rings. The van der Waals surface area contributed by atoms with Gasteiger partial charge in [0.1, 0.15) is 0 Å². The number of hydrogen-bond donors (Lipinski definition) is 0. The van der Waals surface area contributed by atoms with Crippen LogP contribution < -0.4 is 0 Å². The molecule has 0 N–H and O–H groups in total. The van der Waals surface area contributed by atoms with Crippen molar-refractivity contribution < 1.29 is 9.47 Å². The van der Waals surface area contributed by atoms with Gasteiger partial charge in [-0.1, -0.05) is 23.8 Å². The Morgan fingerprint density at radius 1 is 1.27 bits per heavy atom. The molecule has 3 heteroatoms. The lowest BCUT2D eigenvalue weighted by Crippen LogP contribution is -2.22. The maximum absolute atomic E-state index is 5.93. The molecule has 2 nitrogen and oxygen atoms in total. The van der Waals surface area contributed by atoms with Crippen LogP contribution in [0.4, 0.5) is 0 Å². The summed E-state index contributed by atoms with van der Waals surface area (Å²) in [4.78, 5) is 0. The van der Waals surface area contributed by atoms with Gasteiger partial charge in [0.2, 0.25) is 0 Å². The van der Waals surface area contributed by atoms with Gasteiger partial charge < -0.3 is 9.47 Å². The van der Waals surface area contributed by atoms with E-state index in [1.165, 1.54) is 0 Å². The Morgan fingerprint density at radius 3 is 2.18 bits per heavy atom. The van der Waals surface area contributed by atoms with Gasteiger partial charge in [-0.2, -0.15) is 0 Å². The molecule has 0 saturated heterocycles. The SMILES string of the molecule is COC1C=CC(Cl)(OC)C=C1. The Labute approximate surface area is 71.4 Å². The van der Waals surface area contributed by atoms with Crippen molar-refractivity contribution in [2.45, 2.75) is 11.2 Å². The van der Waals surface area contributed by atoms with Crippen LogP contribution in [0.5, 0.6) is 0 Å². The first kappa shape index (κ1) is 8.78. The highest BCUT2D eigenvalue weighted by Gasteiger charge is 2.22. The summed E-state index contributed by atoms with van der Waals surface area (Å²) in [7, 11) is 3.21. The summed E-state index contributed by atoms with van der Waals surface area (Å²) < 4.78 is 10.0. The molecule has 11 heavy (non-hydrogen) atoms. The summed E-state index contributed by atoms with van der Waals surface area (Å²) >= 11 is 5.93. The van der Waals surface area contributed by atoms with E-state index in [0.29, 0.717) is 0 Å². The fourth-order valence-corrected chi connectivity index (χ4v) is 1.01. The maximum Gasteiger partial charge on any atom is 0.179 e. The third-order valence-electron chi connectivity index (χ3n) is 1.61. The van der Waals surface area contributed by atoms with Gasteiger partial charge in [-0.05, 0) is 12.2 Å². The Morgan fingerprint density at radius 2 is 1.82 bits per heavy atom. The number of rotatable bonds is 2. The van der Waals surface area contributed by atoms with Crippen molar-refractivity contribution in [2.24, 2.45) is 0 Å². The first-order chi connectivity index (χ1) is 5.20. The molecular weight excluding hydrogens is 164 g/mol. The van der Waals surface area contributed by atoms with Crippen molar-refractivity contribution >= 4 is 11.6 Å². The lowest BCUT2D eigenvalue weighted by Gasteiger charge is -2.22. The van der Waals surface area contributed by atoms with E-state index >= 15 is 0 Å². The first-order valence-corrected chi connectivity index (χ1v) is 3.73. The number of halogens is 1. The van der Waals surface area contributed by atoms with Crippen LogP contribution in [-0.4, -0.2) is 25.4 Å². The molecule has 1 aliphatic carbocycles. The van der Waals surface area contributed by atoms with E-state index in [-0.39, 0.29) is 6.10 Å². The van der Waals surface area contributed by atoms with Gasteiger partial charge in [-0.25, -0.2) is 0 Å². The van der Waals surface area contributed by atoms with Gasteiger partial charge >= 0.3 is 0 Å². The van der Waals surface area contributed by atoms with Gasteiger partial charge in [0.15, 0.2) is 5.06 Å². The minimum absolute atomic E-state index is 0.0250. The van der Waals surface area contributed by atoms with Crippen LogP contribution in [0, 0.1) is 0 Å². The van der Waals surface area contributed by atoms with E-state index < -0.39 is 5.06 Å². The number of methoxy groups -OCH3 is 2. The second-order valence-electron chi connectivity index (χ2n) is 2.32. The van der Waals surface area contributed by atoms with Crippen molar-refractivity contribution in [3.8, 4) is 0 Å². The molecular formula is C8H11ClO2. The van der Waals surface area contributed by atoms with Crippen LogP contribution in [0.2, 0.25) is 0 Å². The normalized spacial score (nSPS) is 36.1. The van der Waals surface area contributed by atoms with E-state index in [0.717, 1.165) is 0 Å². The van der Waals surface area contributed by atoms with E-state index in [2.05, 4.69) is 0 Å². The monoisotopic (exact) mass is 174 g/mol. The predicted molar refractivity (Wildman–Crippen MR) is 44.7 cm³/mol. The first-order valence-electron chi connectivity index (χ1n) is 3.36. The number of hydrogen-bond acceptors (Lipinski definition) is 2. The van der Waals surface area contributed by atoms with Gasteiger partial charge in [0.05, 0.1) is 6.10 Å². The van der Waals surface area contributed by atoms with Crippen LogP contribution >= 0.6 is 11.6 Å². The molecule has 0 aromatic heterocycles. The summed E-state index contributed by atoms with van der Waals surface area (Å²) in [6.07, 6.45) is 7.27. The highest BCUT2D eigenvalue weighted by atomic mass is 35.5. The summed E-state index contributed by atoms with van der Waals surface area (Å²) in [5, 5.41) is -0.769. The highest BCUT2D eigenvalue weighted by molar-refractivity contribution is 6.25. The molecule has 62 valence electrons. The average Bonchev–Trinajstić information content (AvgIpc) is 2.06. The largest absolute Gasteiger partial charge is 0.373 e. The van der Waals surface area contributed by atoms with E-state index in [1.54, 1.807) is 26.4 Å². The van der Waals surface area contributed by atoms with Crippen LogP contribution in [0.1, 0.15) is 0 Å². The molecule has 0 atom stereocenters. The smallest absolute Gasteiger partial charge is 0.179 e. The molecule has 0 aliphatic heterocycles. The Hall–Kier alpha value is -0.310. The second-order valence-corrected chi connectivity index (χ2v) is 2.91. The maximum atomic E-state index is 5.93. The van der Waals surface area contributed by atoms with Crippen molar-refractivity contribution in [3.63, 3.8) is 0 Å². The van der Waals surface area contributed by atoms with Crippen LogP contribution in [0.15, 0.2) is 24.3 Å².